The minimum absolute atomic E-state index is 0.240. The number of ether oxygens (including phenoxy) is 1. The van der Waals surface area contributed by atoms with Gasteiger partial charge in [0.05, 0.1) is 6.61 Å². The molecule has 23 heavy (non-hydrogen) atoms. The SMILES string of the molecule is CCOc1ncccc1CNC(=O)c1cc2cc(Cl)ccc2o1. The molecule has 0 spiro atoms. The second kappa shape index (κ2) is 6.71. The van der Waals surface area contributed by atoms with Crippen LogP contribution in [-0.4, -0.2) is 17.5 Å². The Hall–Kier alpha value is -2.53. The fraction of sp³-hybridized carbons (Fsp3) is 0.176. The number of nitrogens with zero attached hydrogens (tertiary/aromatic N) is 1. The Labute approximate surface area is 138 Å². The Kier molecular flexibility index (Phi) is 4.48. The van der Waals surface area contributed by atoms with Gasteiger partial charge in [0.15, 0.2) is 5.76 Å². The maximum Gasteiger partial charge on any atom is 0.287 e. The first-order valence-electron chi connectivity index (χ1n) is 7.21. The van der Waals surface area contributed by atoms with Crippen molar-refractivity contribution in [3.8, 4) is 5.88 Å². The Bertz CT molecular complexity index is 845. The van der Waals surface area contributed by atoms with Crippen LogP contribution in [0.1, 0.15) is 23.0 Å². The molecule has 0 saturated carbocycles. The van der Waals surface area contributed by atoms with E-state index in [-0.39, 0.29) is 11.7 Å². The monoisotopic (exact) mass is 330 g/mol. The number of nitrogens with one attached hydrogen (secondary N) is 1. The van der Waals surface area contributed by atoms with Crippen molar-refractivity contribution in [2.45, 2.75) is 13.5 Å². The minimum Gasteiger partial charge on any atom is -0.478 e. The number of benzene rings is 1. The Morgan fingerprint density at radius 2 is 2.22 bits per heavy atom. The first-order valence-corrected chi connectivity index (χ1v) is 7.59. The lowest BCUT2D eigenvalue weighted by molar-refractivity contribution is 0.0925. The van der Waals surface area contributed by atoms with Crippen molar-refractivity contribution in [3.05, 3.63) is 58.9 Å². The van der Waals surface area contributed by atoms with E-state index >= 15 is 0 Å². The van der Waals surface area contributed by atoms with Gasteiger partial charge in [-0.1, -0.05) is 17.7 Å². The van der Waals surface area contributed by atoms with E-state index in [4.69, 9.17) is 20.8 Å². The van der Waals surface area contributed by atoms with E-state index in [1.54, 1.807) is 36.5 Å². The van der Waals surface area contributed by atoms with E-state index in [2.05, 4.69) is 10.3 Å². The first kappa shape index (κ1) is 15.4. The maximum absolute atomic E-state index is 12.2. The van der Waals surface area contributed by atoms with Gasteiger partial charge in [-0.25, -0.2) is 4.98 Å². The third kappa shape index (κ3) is 3.46. The van der Waals surface area contributed by atoms with Crippen molar-refractivity contribution in [2.75, 3.05) is 6.61 Å². The van der Waals surface area contributed by atoms with Crippen molar-refractivity contribution in [1.82, 2.24) is 10.3 Å². The van der Waals surface area contributed by atoms with E-state index in [0.717, 1.165) is 10.9 Å². The largest absolute Gasteiger partial charge is 0.478 e. The number of hydrogen-bond donors (Lipinski definition) is 1. The number of carbonyl (C=O) groups excluding carboxylic acids is 1. The third-order valence-corrected chi connectivity index (χ3v) is 3.51. The van der Waals surface area contributed by atoms with Gasteiger partial charge in [0.25, 0.3) is 5.91 Å². The number of halogens is 1. The van der Waals surface area contributed by atoms with Crippen LogP contribution in [0.2, 0.25) is 5.02 Å². The highest BCUT2D eigenvalue weighted by Crippen LogP contribution is 2.23. The van der Waals surface area contributed by atoms with E-state index in [1.165, 1.54) is 0 Å². The summed E-state index contributed by atoms with van der Waals surface area (Å²) in [4.78, 5) is 16.4. The van der Waals surface area contributed by atoms with Gasteiger partial charge < -0.3 is 14.5 Å². The highest BCUT2D eigenvalue weighted by Gasteiger charge is 2.13. The van der Waals surface area contributed by atoms with Gasteiger partial charge in [-0.15, -0.1) is 0 Å². The van der Waals surface area contributed by atoms with Crippen molar-refractivity contribution in [1.29, 1.82) is 0 Å². The predicted octanol–water partition coefficient (Wildman–Crippen LogP) is 3.81. The molecule has 0 radical (unpaired) electrons. The van der Waals surface area contributed by atoms with Gasteiger partial charge in [0, 0.05) is 28.7 Å². The fourth-order valence-electron chi connectivity index (χ4n) is 2.21. The molecule has 0 aliphatic heterocycles. The van der Waals surface area contributed by atoms with Crippen molar-refractivity contribution in [2.24, 2.45) is 0 Å². The summed E-state index contributed by atoms with van der Waals surface area (Å²) in [6.07, 6.45) is 1.65. The molecule has 0 saturated heterocycles. The summed E-state index contributed by atoms with van der Waals surface area (Å²) in [5, 5.41) is 4.19. The van der Waals surface area contributed by atoms with Gasteiger partial charge >= 0.3 is 0 Å². The van der Waals surface area contributed by atoms with Crippen LogP contribution in [0.3, 0.4) is 0 Å². The number of pyridine rings is 1. The van der Waals surface area contributed by atoms with Gasteiger partial charge in [-0.3, -0.25) is 4.79 Å². The van der Waals surface area contributed by atoms with Crippen LogP contribution in [0.15, 0.2) is 47.0 Å². The predicted molar refractivity (Wildman–Crippen MR) is 87.8 cm³/mol. The van der Waals surface area contributed by atoms with Gasteiger partial charge in [-0.2, -0.15) is 0 Å². The molecule has 118 valence electrons. The minimum atomic E-state index is -0.302. The van der Waals surface area contributed by atoms with Crippen LogP contribution in [0, 0.1) is 0 Å². The lowest BCUT2D eigenvalue weighted by Gasteiger charge is -2.08. The summed E-state index contributed by atoms with van der Waals surface area (Å²) >= 11 is 5.93. The maximum atomic E-state index is 12.2. The number of furan rings is 1. The quantitative estimate of drug-likeness (QED) is 0.772. The zero-order valence-corrected chi connectivity index (χ0v) is 13.3. The molecule has 0 bridgehead atoms. The molecule has 0 aliphatic carbocycles. The molecule has 1 aromatic carbocycles. The van der Waals surface area contributed by atoms with Crippen molar-refractivity contribution >= 4 is 28.5 Å². The molecule has 3 aromatic rings. The molecule has 1 amide bonds. The molecule has 2 aromatic heterocycles. The highest BCUT2D eigenvalue weighted by atomic mass is 35.5. The summed E-state index contributed by atoms with van der Waals surface area (Å²) in [6, 6.07) is 10.5. The van der Waals surface area contributed by atoms with E-state index in [0.29, 0.717) is 29.6 Å². The molecule has 0 unspecified atom stereocenters. The second-order valence-corrected chi connectivity index (χ2v) is 5.31. The number of amides is 1. The Morgan fingerprint density at radius 1 is 1.35 bits per heavy atom. The van der Waals surface area contributed by atoms with Crippen LogP contribution in [0.5, 0.6) is 5.88 Å². The van der Waals surface area contributed by atoms with E-state index in [1.807, 2.05) is 13.0 Å². The van der Waals surface area contributed by atoms with Gasteiger partial charge in [-0.05, 0) is 37.3 Å². The molecule has 0 atom stereocenters. The summed E-state index contributed by atoms with van der Waals surface area (Å²) in [6.45, 7) is 2.71. The summed E-state index contributed by atoms with van der Waals surface area (Å²) in [5.74, 6) is 0.458. The molecule has 6 heteroatoms. The van der Waals surface area contributed by atoms with E-state index in [9.17, 15) is 4.79 Å². The molecule has 3 rings (SSSR count). The number of aromatic nitrogens is 1. The number of rotatable bonds is 5. The first-order chi connectivity index (χ1) is 11.2. The molecule has 0 aliphatic rings. The fourth-order valence-corrected chi connectivity index (χ4v) is 2.39. The molecule has 5 nitrogen and oxygen atoms in total. The molecule has 0 fully saturated rings. The van der Waals surface area contributed by atoms with Crippen LogP contribution < -0.4 is 10.1 Å². The standard InChI is InChI=1S/C17H15ClN2O3/c1-2-22-17-11(4-3-7-19-17)10-20-16(21)15-9-12-8-13(18)5-6-14(12)23-15/h3-9H,2,10H2,1H3,(H,20,21). The van der Waals surface area contributed by atoms with Gasteiger partial charge in [0.1, 0.15) is 5.58 Å². The molecule has 1 N–H and O–H groups in total. The number of carbonyl (C=O) groups is 1. The highest BCUT2D eigenvalue weighted by molar-refractivity contribution is 6.31. The second-order valence-electron chi connectivity index (χ2n) is 4.88. The Morgan fingerprint density at radius 3 is 3.04 bits per heavy atom. The lowest BCUT2D eigenvalue weighted by Crippen LogP contribution is -2.22. The lowest BCUT2D eigenvalue weighted by atomic mass is 10.2. The number of fused-ring (bicyclic) bond motifs is 1. The average Bonchev–Trinajstić information content (AvgIpc) is 2.97. The third-order valence-electron chi connectivity index (χ3n) is 3.27. The van der Waals surface area contributed by atoms with Crippen LogP contribution in [0.4, 0.5) is 0 Å². The molecular weight excluding hydrogens is 316 g/mol. The van der Waals surface area contributed by atoms with Crippen LogP contribution in [-0.2, 0) is 6.54 Å². The summed E-state index contributed by atoms with van der Waals surface area (Å²) in [7, 11) is 0. The summed E-state index contributed by atoms with van der Waals surface area (Å²) < 4.78 is 11.0. The van der Waals surface area contributed by atoms with Gasteiger partial charge in [0.2, 0.25) is 5.88 Å². The van der Waals surface area contributed by atoms with Crippen LogP contribution >= 0.6 is 11.6 Å². The summed E-state index contributed by atoms with van der Waals surface area (Å²) in [5.41, 5.74) is 1.43. The molecule has 2 heterocycles. The van der Waals surface area contributed by atoms with Crippen molar-refractivity contribution in [3.63, 3.8) is 0 Å². The normalized spacial score (nSPS) is 10.7. The van der Waals surface area contributed by atoms with E-state index < -0.39 is 0 Å². The molecular formula is C17H15ClN2O3. The zero-order valence-electron chi connectivity index (χ0n) is 12.5. The topological polar surface area (TPSA) is 64.4 Å². The average molecular weight is 331 g/mol. The van der Waals surface area contributed by atoms with Crippen LogP contribution in [0.25, 0.3) is 11.0 Å². The van der Waals surface area contributed by atoms with Crippen molar-refractivity contribution < 1.29 is 13.9 Å². The smallest absolute Gasteiger partial charge is 0.287 e. The number of hydrogen-bond acceptors (Lipinski definition) is 4. The zero-order chi connectivity index (χ0) is 16.2. The Balaban J connectivity index is 1.73.